The van der Waals surface area contributed by atoms with Gasteiger partial charge in [-0.2, -0.15) is 5.10 Å². The lowest BCUT2D eigenvalue weighted by molar-refractivity contribution is 0.0946. The number of H-pyrrole nitrogens is 1. The molecule has 0 saturated carbocycles. The summed E-state index contributed by atoms with van der Waals surface area (Å²) in [4.78, 5) is 15.5. The van der Waals surface area contributed by atoms with Crippen molar-refractivity contribution in [1.82, 2.24) is 20.5 Å². The number of nitrogens with one attached hydrogen (secondary N) is 2. The normalized spacial score (nSPS) is 10.2. The van der Waals surface area contributed by atoms with Crippen molar-refractivity contribution in [2.45, 2.75) is 6.54 Å². The van der Waals surface area contributed by atoms with Gasteiger partial charge in [0.1, 0.15) is 5.69 Å². The highest BCUT2D eigenvalue weighted by Gasteiger charge is 2.09. The molecule has 0 aliphatic rings. The molecule has 0 aliphatic carbocycles. The van der Waals surface area contributed by atoms with Crippen LogP contribution in [0.15, 0.2) is 21.6 Å². The van der Waals surface area contributed by atoms with E-state index >= 15 is 0 Å². The fourth-order valence-corrected chi connectivity index (χ4v) is 2.00. The van der Waals surface area contributed by atoms with Gasteiger partial charge in [0.2, 0.25) is 0 Å². The molecule has 0 aliphatic heterocycles. The number of rotatable bonds is 3. The van der Waals surface area contributed by atoms with Gasteiger partial charge < -0.3 is 5.32 Å². The second kappa shape index (κ2) is 4.54. The molecule has 15 heavy (non-hydrogen) atoms. The predicted molar refractivity (Wildman–Crippen MR) is 59.6 cm³/mol. The van der Waals surface area contributed by atoms with E-state index in [9.17, 15) is 4.79 Å². The summed E-state index contributed by atoms with van der Waals surface area (Å²) in [6.45, 7) is 0.425. The highest BCUT2D eigenvalue weighted by atomic mass is 79.9. The molecule has 0 atom stereocenters. The summed E-state index contributed by atoms with van der Waals surface area (Å²) in [5.41, 5.74) is 1.28. The average Bonchev–Trinajstić information content (AvgIpc) is 2.84. The van der Waals surface area contributed by atoms with Gasteiger partial charge in [-0.15, -0.1) is 11.3 Å². The molecule has 7 heteroatoms. The van der Waals surface area contributed by atoms with Crippen molar-refractivity contribution in [1.29, 1.82) is 0 Å². The van der Waals surface area contributed by atoms with Gasteiger partial charge in [-0.05, 0) is 22.0 Å². The minimum Gasteiger partial charge on any atom is -0.345 e. The monoisotopic (exact) mass is 286 g/mol. The number of halogens is 1. The summed E-state index contributed by atoms with van der Waals surface area (Å²) in [5.74, 6) is -0.188. The first-order valence-corrected chi connectivity index (χ1v) is 5.80. The molecule has 2 aromatic rings. The van der Waals surface area contributed by atoms with Crippen LogP contribution in [0.25, 0.3) is 0 Å². The Kier molecular flexibility index (Phi) is 3.12. The quantitative estimate of drug-likeness (QED) is 0.900. The first-order chi connectivity index (χ1) is 7.25. The molecule has 2 heterocycles. The Bertz CT molecular complexity index is 453. The number of carbonyl (C=O) groups is 1. The van der Waals surface area contributed by atoms with Crippen LogP contribution in [-0.4, -0.2) is 21.1 Å². The Morgan fingerprint density at radius 2 is 2.53 bits per heavy atom. The number of nitrogens with zero attached hydrogens (tertiary/aromatic N) is 2. The Morgan fingerprint density at radius 1 is 1.67 bits per heavy atom. The van der Waals surface area contributed by atoms with Crippen molar-refractivity contribution in [3.8, 4) is 0 Å². The molecule has 78 valence electrons. The topological polar surface area (TPSA) is 70.7 Å². The Balaban J connectivity index is 1.93. The second-order valence-electron chi connectivity index (χ2n) is 2.75. The molecule has 0 aromatic carbocycles. The minimum atomic E-state index is -0.188. The van der Waals surface area contributed by atoms with Gasteiger partial charge in [0, 0.05) is 11.6 Å². The third-order valence-electron chi connectivity index (χ3n) is 1.71. The smallest absolute Gasteiger partial charge is 0.271 e. The maximum atomic E-state index is 11.5. The summed E-state index contributed by atoms with van der Waals surface area (Å²) in [6, 6.07) is 1.80. The van der Waals surface area contributed by atoms with Crippen LogP contribution >= 0.6 is 27.3 Å². The summed E-state index contributed by atoms with van der Waals surface area (Å²) < 4.78 is 0.703. The largest absolute Gasteiger partial charge is 0.345 e. The van der Waals surface area contributed by atoms with E-state index in [1.807, 2.05) is 0 Å². The molecule has 1 amide bonds. The maximum Gasteiger partial charge on any atom is 0.271 e. The Labute approximate surface area is 98.1 Å². The van der Waals surface area contributed by atoms with Crippen molar-refractivity contribution in [2.24, 2.45) is 0 Å². The third kappa shape index (κ3) is 2.63. The molecule has 0 bridgehead atoms. The van der Waals surface area contributed by atoms with Gasteiger partial charge in [0.25, 0.3) is 5.91 Å². The maximum absolute atomic E-state index is 11.5. The Hall–Kier alpha value is -1.21. The summed E-state index contributed by atoms with van der Waals surface area (Å²) in [6.07, 6.45) is 1.64. The number of aromatic amines is 1. The molecule has 5 nitrogen and oxygen atoms in total. The molecule has 2 N–H and O–H groups in total. The number of aromatic nitrogens is 3. The van der Waals surface area contributed by atoms with Crippen molar-refractivity contribution >= 4 is 33.2 Å². The van der Waals surface area contributed by atoms with Crippen molar-refractivity contribution in [3.05, 3.63) is 32.9 Å². The molecule has 2 rings (SSSR count). The molecule has 0 unspecified atom stereocenters. The lowest BCUT2D eigenvalue weighted by Crippen LogP contribution is -2.23. The second-order valence-corrected chi connectivity index (χ2v) is 4.88. The summed E-state index contributed by atoms with van der Waals surface area (Å²) in [7, 11) is 0. The molecule has 0 saturated heterocycles. The van der Waals surface area contributed by atoms with E-state index < -0.39 is 0 Å². The Morgan fingerprint density at radius 3 is 3.13 bits per heavy atom. The van der Waals surface area contributed by atoms with Crippen LogP contribution in [0, 0.1) is 0 Å². The predicted octanol–water partition coefficient (Wildman–Crippen LogP) is 1.56. The van der Waals surface area contributed by atoms with E-state index in [0.29, 0.717) is 16.2 Å². The zero-order chi connectivity index (χ0) is 10.7. The van der Waals surface area contributed by atoms with Gasteiger partial charge in [-0.3, -0.25) is 9.89 Å². The number of hydrogen-bond donors (Lipinski definition) is 2. The van der Waals surface area contributed by atoms with E-state index in [0.717, 1.165) is 5.69 Å². The number of carbonyl (C=O) groups excluding carboxylic acids is 1. The molecule has 0 fully saturated rings. The van der Waals surface area contributed by atoms with Crippen LogP contribution in [0.1, 0.15) is 16.2 Å². The fraction of sp³-hybridized carbons (Fsp3) is 0.125. The minimum absolute atomic E-state index is 0.188. The van der Waals surface area contributed by atoms with Gasteiger partial charge in [0.05, 0.1) is 12.2 Å². The van der Waals surface area contributed by atoms with Crippen LogP contribution in [0.5, 0.6) is 0 Å². The van der Waals surface area contributed by atoms with Crippen LogP contribution in [0.4, 0.5) is 0 Å². The zero-order valence-electron chi connectivity index (χ0n) is 7.53. The van der Waals surface area contributed by atoms with Crippen molar-refractivity contribution in [2.75, 3.05) is 0 Å². The average molecular weight is 287 g/mol. The van der Waals surface area contributed by atoms with E-state index in [2.05, 4.69) is 36.4 Å². The van der Waals surface area contributed by atoms with E-state index in [-0.39, 0.29) is 5.91 Å². The lowest BCUT2D eigenvalue weighted by atomic mass is 10.4. The van der Waals surface area contributed by atoms with Gasteiger partial charge >= 0.3 is 0 Å². The van der Waals surface area contributed by atoms with E-state index in [1.165, 1.54) is 11.3 Å². The summed E-state index contributed by atoms with van der Waals surface area (Å²) in [5, 5.41) is 11.0. The third-order valence-corrected chi connectivity index (χ3v) is 3.07. The standard InChI is InChI=1S/C8H7BrN4OS/c9-8-12-6(4-15-8)7(14)10-3-5-1-2-11-13-5/h1-2,4H,3H2,(H,10,14)(H,11,13). The van der Waals surface area contributed by atoms with Crippen molar-refractivity contribution < 1.29 is 4.79 Å². The number of amides is 1. The molecule has 2 aromatic heterocycles. The van der Waals surface area contributed by atoms with Gasteiger partial charge in [-0.25, -0.2) is 4.98 Å². The van der Waals surface area contributed by atoms with Gasteiger partial charge in [0.15, 0.2) is 3.92 Å². The summed E-state index contributed by atoms with van der Waals surface area (Å²) >= 11 is 4.58. The van der Waals surface area contributed by atoms with E-state index in [4.69, 9.17) is 0 Å². The molecular weight excluding hydrogens is 280 g/mol. The number of hydrogen-bond acceptors (Lipinski definition) is 4. The fourth-order valence-electron chi connectivity index (χ4n) is 1.01. The van der Waals surface area contributed by atoms with Gasteiger partial charge in [-0.1, -0.05) is 0 Å². The molecule has 0 spiro atoms. The molecule has 0 radical (unpaired) electrons. The van der Waals surface area contributed by atoms with Crippen LogP contribution in [0.3, 0.4) is 0 Å². The first-order valence-electron chi connectivity index (χ1n) is 4.13. The van der Waals surface area contributed by atoms with Crippen LogP contribution in [0.2, 0.25) is 0 Å². The number of thiazole rings is 1. The van der Waals surface area contributed by atoms with Crippen molar-refractivity contribution in [3.63, 3.8) is 0 Å². The van der Waals surface area contributed by atoms with Crippen LogP contribution < -0.4 is 5.32 Å². The highest BCUT2D eigenvalue weighted by molar-refractivity contribution is 9.11. The first kappa shape index (κ1) is 10.3. The zero-order valence-corrected chi connectivity index (χ0v) is 9.93. The lowest BCUT2D eigenvalue weighted by Gasteiger charge is -1.99. The highest BCUT2D eigenvalue weighted by Crippen LogP contribution is 2.15. The SMILES string of the molecule is O=C(NCc1ccn[nH]1)c1csc(Br)n1. The van der Waals surface area contributed by atoms with Crippen LogP contribution in [-0.2, 0) is 6.54 Å². The molecular formula is C8H7BrN4OS. The van der Waals surface area contributed by atoms with E-state index in [1.54, 1.807) is 17.6 Å².